The minimum absolute atomic E-state index is 0.00678. The molecule has 1 amide bonds. The molecule has 0 spiro atoms. The first-order valence-corrected chi connectivity index (χ1v) is 7.86. The third kappa shape index (κ3) is 3.08. The van der Waals surface area contributed by atoms with Crippen molar-refractivity contribution in [2.45, 2.75) is 26.4 Å². The van der Waals surface area contributed by atoms with E-state index in [9.17, 15) is 9.59 Å². The Bertz CT molecular complexity index is 939. The Morgan fingerprint density at radius 2 is 2.08 bits per heavy atom. The van der Waals surface area contributed by atoms with Gasteiger partial charge in [-0.05, 0) is 31.4 Å². The number of nitrogens with one attached hydrogen (secondary N) is 1. The van der Waals surface area contributed by atoms with Crippen molar-refractivity contribution in [3.8, 4) is 0 Å². The fourth-order valence-electron chi connectivity index (χ4n) is 2.72. The lowest BCUT2D eigenvalue weighted by Gasteiger charge is -2.26. The maximum absolute atomic E-state index is 12.9. The van der Waals surface area contributed by atoms with Crippen molar-refractivity contribution in [3.05, 3.63) is 64.3 Å². The molecular formula is C18H20N4O2. The minimum atomic E-state index is -0.249. The lowest BCUT2D eigenvalue weighted by molar-refractivity contribution is 0.0684. The molecule has 3 rings (SSSR count). The van der Waals surface area contributed by atoms with Crippen LogP contribution in [0.4, 0.5) is 0 Å². The van der Waals surface area contributed by atoms with Gasteiger partial charge in [0.1, 0.15) is 5.69 Å². The van der Waals surface area contributed by atoms with Crippen LogP contribution in [0.25, 0.3) is 10.8 Å². The second-order valence-corrected chi connectivity index (χ2v) is 6.15. The van der Waals surface area contributed by atoms with E-state index in [1.54, 1.807) is 27.9 Å². The largest absolute Gasteiger partial charge is 0.331 e. The summed E-state index contributed by atoms with van der Waals surface area (Å²) in [5.41, 5.74) is 1.00. The van der Waals surface area contributed by atoms with Gasteiger partial charge < -0.3 is 9.88 Å². The highest BCUT2D eigenvalue weighted by molar-refractivity contribution is 5.96. The number of hydrogen-bond acceptors (Lipinski definition) is 3. The third-order valence-corrected chi connectivity index (χ3v) is 3.98. The second kappa shape index (κ2) is 6.31. The Balaban J connectivity index is 1.97. The van der Waals surface area contributed by atoms with Crippen molar-refractivity contribution in [1.29, 1.82) is 0 Å². The molecule has 0 aliphatic rings. The van der Waals surface area contributed by atoms with Crippen LogP contribution in [-0.2, 0) is 13.6 Å². The van der Waals surface area contributed by atoms with E-state index in [0.29, 0.717) is 17.6 Å². The molecule has 0 atom stereocenters. The van der Waals surface area contributed by atoms with Gasteiger partial charge in [-0.1, -0.05) is 18.2 Å². The molecule has 0 bridgehead atoms. The zero-order valence-corrected chi connectivity index (χ0v) is 14.0. The Kier molecular flexibility index (Phi) is 4.20. The van der Waals surface area contributed by atoms with E-state index < -0.39 is 0 Å². The SMILES string of the molecule is CC(C)N(Cc1cnn(C)c1)C(=O)c1cc2ccccc2c(=O)[nH]1. The number of aryl methyl sites for hydroxylation is 1. The van der Waals surface area contributed by atoms with E-state index in [1.807, 2.05) is 45.3 Å². The average Bonchev–Trinajstić information content (AvgIpc) is 2.97. The number of H-pyrrole nitrogens is 1. The van der Waals surface area contributed by atoms with Crippen LogP contribution in [-0.4, -0.2) is 31.6 Å². The highest BCUT2D eigenvalue weighted by Gasteiger charge is 2.21. The lowest BCUT2D eigenvalue weighted by atomic mass is 10.1. The molecule has 0 radical (unpaired) electrons. The molecule has 0 aliphatic carbocycles. The zero-order valence-electron chi connectivity index (χ0n) is 14.0. The molecule has 24 heavy (non-hydrogen) atoms. The number of aromatic nitrogens is 3. The number of pyridine rings is 1. The Morgan fingerprint density at radius 3 is 2.75 bits per heavy atom. The molecule has 0 saturated heterocycles. The van der Waals surface area contributed by atoms with Crippen LogP contribution in [0.2, 0.25) is 0 Å². The summed E-state index contributed by atoms with van der Waals surface area (Å²) in [5, 5.41) is 5.48. The van der Waals surface area contributed by atoms with Crippen molar-refractivity contribution in [2.75, 3.05) is 0 Å². The lowest BCUT2D eigenvalue weighted by Crippen LogP contribution is -2.37. The monoisotopic (exact) mass is 324 g/mol. The molecule has 6 nitrogen and oxygen atoms in total. The summed E-state index contributed by atoms with van der Waals surface area (Å²) >= 11 is 0. The maximum atomic E-state index is 12.9. The molecule has 0 aliphatic heterocycles. The smallest absolute Gasteiger partial charge is 0.270 e. The number of benzene rings is 1. The molecule has 0 saturated carbocycles. The first-order valence-electron chi connectivity index (χ1n) is 7.86. The van der Waals surface area contributed by atoms with Gasteiger partial charge in [-0.25, -0.2) is 0 Å². The van der Waals surface area contributed by atoms with E-state index in [4.69, 9.17) is 0 Å². The molecule has 0 unspecified atom stereocenters. The summed E-state index contributed by atoms with van der Waals surface area (Å²) < 4.78 is 1.70. The quantitative estimate of drug-likeness (QED) is 0.800. The highest BCUT2D eigenvalue weighted by atomic mass is 16.2. The summed E-state index contributed by atoms with van der Waals surface area (Å²) in [7, 11) is 1.84. The predicted octanol–water partition coefficient (Wildman–Crippen LogP) is 2.31. The van der Waals surface area contributed by atoms with Gasteiger partial charge in [-0.2, -0.15) is 5.10 Å². The molecule has 1 N–H and O–H groups in total. The molecular weight excluding hydrogens is 304 g/mol. The summed E-state index contributed by atoms with van der Waals surface area (Å²) in [5.74, 6) is -0.197. The number of rotatable bonds is 4. The normalized spacial score (nSPS) is 11.2. The zero-order chi connectivity index (χ0) is 17.3. The first-order chi connectivity index (χ1) is 11.5. The first kappa shape index (κ1) is 16.0. The van der Waals surface area contributed by atoms with E-state index in [-0.39, 0.29) is 17.5 Å². The summed E-state index contributed by atoms with van der Waals surface area (Å²) in [6, 6.07) is 8.97. The van der Waals surface area contributed by atoms with Crippen LogP contribution in [0.5, 0.6) is 0 Å². The van der Waals surface area contributed by atoms with Crippen LogP contribution >= 0.6 is 0 Å². The van der Waals surface area contributed by atoms with E-state index >= 15 is 0 Å². The van der Waals surface area contributed by atoms with Crippen molar-refractivity contribution in [2.24, 2.45) is 7.05 Å². The Hall–Kier alpha value is -2.89. The number of carbonyl (C=O) groups is 1. The van der Waals surface area contributed by atoms with Gasteiger partial charge in [0.2, 0.25) is 0 Å². The number of hydrogen-bond donors (Lipinski definition) is 1. The molecule has 2 heterocycles. The van der Waals surface area contributed by atoms with E-state index in [0.717, 1.165) is 10.9 Å². The third-order valence-electron chi connectivity index (χ3n) is 3.98. The fraction of sp³-hybridized carbons (Fsp3) is 0.278. The number of nitrogens with zero attached hydrogens (tertiary/aromatic N) is 3. The molecule has 1 aromatic carbocycles. The van der Waals surface area contributed by atoms with Gasteiger partial charge in [-0.3, -0.25) is 14.3 Å². The van der Waals surface area contributed by atoms with Crippen molar-refractivity contribution < 1.29 is 4.79 Å². The summed E-state index contributed by atoms with van der Waals surface area (Å²) in [6.45, 7) is 4.35. The van der Waals surface area contributed by atoms with E-state index in [2.05, 4.69) is 10.1 Å². The van der Waals surface area contributed by atoms with E-state index in [1.165, 1.54) is 0 Å². The van der Waals surface area contributed by atoms with Crippen LogP contribution in [0.15, 0.2) is 47.5 Å². The highest BCUT2D eigenvalue weighted by Crippen LogP contribution is 2.15. The van der Waals surface area contributed by atoms with Crippen LogP contribution in [0.1, 0.15) is 29.9 Å². The maximum Gasteiger partial charge on any atom is 0.270 e. The van der Waals surface area contributed by atoms with Crippen molar-refractivity contribution in [1.82, 2.24) is 19.7 Å². The van der Waals surface area contributed by atoms with Gasteiger partial charge in [0.15, 0.2) is 0 Å². The minimum Gasteiger partial charge on any atom is -0.331 e. The number of aromatic amines is 1. The predicted molar refractivity (Wildman–Crippen MR) is 92.8 cm³/mol. The molecule has 124 valence electrons. The molecule has 3 aromatic rings. The second-order valence-electron chi connectivity index (χ2n) is 6.15. The van der Waals surface area contributed by atoms with Crippen molar-refractivity contribution in [3.63, 3.8) is 0 Å². The van der Waals surface area contributed by atoms with Crippen LogP contribution in [0, 0.1) is 0 Å². The van der Waals surface area contributed by atoms with Crippen LogP contribution < -0.4 is 5.56 Å². The molecule has 6 heteroatoms. The summed E-state index contributed by atoms with van der Waals surface area (Å²) in [4.78, 5) is 29.6. The van der Waals surface area contributed by atoms with Gasteiger partial charge in [0.05, 0.1) is 6.20 Å². The average molecular weight is 324 g/mol. The van der Waals surface area contributed by atoms with Crippen molar-refractivity contribution >= 4 is 16.7 Å². The fourth-order valence-corrected chi connectivity index (χ4v) is 2.72. The molecule has 2 aromatic heterocycles. The number of fused-ring (bicyclic) bond motifs is 1. The van der Waals surface area contributed by atoms with Gasteiger partial charge >= 0.3 is 0 Å². The number of amides is 1. The molecule has 0 fully saturated rings. The number of carbonyl (C=O) groups excluding carboxylic acids is 1. The Labute approximate surface area is 139 Å². The topological polar surface area (TPSA) is 71.0 Å². The Morgan fingerprint density at radius 1 is 1.33 bits per heavy atom. The van der Waals surface area contributed by atoms with Crippen LogP contribution in [0.3, 0.4) is 0 Å². The van der Waals surface area contributed by atoms with Gasteiger partial charge in [-0.15, -0.1) is 0 Å². The van der Waals surface area contributed by atoms with Gasteiger partial charge in [0.25, 0.3) is 11.5 Å². The summed E-state index contributed by atoms with van der Waals surface area (Å²) in [6.07, 6.45) is 3.62. The van der Waals surface area contributed by atoms with Gasteiger partial charge in [0, 0.05) is 36.8 Å². The standard InChI is InChI=1S/C18H20N4O2/c1-12(2)22(11-13-9-19-21(3)10-13)18(24)16-8-14-6-4-5-7-15(14)17(23)20-16/h4-10,12H,11H2,1-3H3,(H,20,23).